The average Bonchev–Trinajstić information content (AvgIpc) is 2.08. The van der Waals surface area contributed by atoms with Gasteiger partial charge in [-0.2, -0.15) is 0 Å². The summed E-state index contributed by atoms with van der Waals surface area (Å²) in [7, 11) is 0. The molecule has 1 nitrogen and oxygen atoms in total. The van der Waals surface area contributed by atoms with Crippen molar-refractivity contribution in [3.63, 3.8) is 0 Å². The van der Waals surface area contributed by atoms with Crippen molar-refractivity contribution in [3.8, 4) is 0 Å². The van der Waals surface area contributed by atoms with Gasteiger partial charge in [-0.1, -0.05) is 27.2 Å². The molecule has 1 aliphatic rings. The second-order valence-corrected chi connectivity index (χ2v) is 4.53. The number of hydrogen-bond donors (Lipinski definition) is 1. The first-order valence-corrected chi connectivity index (χ1v) is 5.33. The standard InChI is InChI=1S/C11H22O/c1-4-9(3)10-7-8(2)5-6-11(10)12/h8-12H,4-7H2,1-3H3. The molecule has 0 aromatic carbocycles. The van der Waals surface area contributed by atoms with Crippen LogP contribution in [-0.4, -0.2) is 11.2 Å². The van der Waals surface area contributed by atoms with Gasteiger partial charge in [-0.05, 0) is 37.0 Å². The van der Waals surface area contributed by atoms with Crippen LogP contribution in [0.25, 0.3) is 0 Å². The van der Waals surface area contributed by atoms with Crippen molar-refractivity contribution in [2.24, 2.45) is 17.8 Å². The third-order valence-electron chi connectivity index (χ3n) is 3.50. The maximum atomic E-state index is 9.79. The quantitative estimate of drug-likeness (QED) is 0.675. The minimum Gasteiger partial charge on any atom is -0.393 e. The molecular formula is C11H22O. The van der Waals surface area contributed by atoms with E-state index in [9.17, 15) is 5.11 Å². The Balaban J connectivity index is 2.48. The van der Waals surface area contributed by atoms with Crippen molar-refractivity contribution in [2.45, 2.75) is 52.6 Å². The molecule has 0 aromatic rings. The van der Waals surface area contributed by atoms with Crippen molar-refractivity contribution >= 4 is 0 Å². The molecule has 1 N–H and O–H groups in total. The van der Waals surface area contributed by atoms with E-state index < -0.39 is 0 Å². The molecule has 0 aromatic heterocycles. The summed E-state index contributed by atoms with van der Waals surface area (Å²) in [6.45, 7) is 6.80. The van der Waals surface area contributed by atoms with E-state index in [0.29, 0.717) is 11.8 Å². The van der Waals surface area contributed by atoms with Crippen LogP contribution < -0.4 is 0 Å². The summed E-state index contributed by atoms with van der Waals surface area (Å²) in [6.07, 6.45) is 4.66. The topological polar surface area (TPSA) is 20.2 Å². The van der Waals surface area contributed by atoms with E-state index in [0.717, 1.165) is 12.3 Å². The van der Waals surface area contributed by atoms with E-state index in [1.165, 1.54) is 19.3 Å². The summed E-state index contributed by atoms with van der Waals surface area (Å²) in [5, 5.41) is 9.79. The summed E-state index contributed by atoms with van der Waals surface area (Å²) in [5.41, 5.74) is 0. The average molecular weight is 170 g/mol. The lowest BCUT2D eigenvalue weighted by Crippen LogP contribution is -2.32. The molecule has 72 valence electrons. The van der Waals surface area contributed by atoms with Gasteiger partial charge in [-0.3, -0.25) is 0 Å². The van der Waals surface area contributed by atoms with Gasteiger partial charge in [0, 0.05) is 0 Å². The maximum absolute atomic E-state index is 9.79. The van der Waals surface area contributed by atoms with Gasteiger partial charge in [0.2, 0.25) is 0 Å². The highest BCUT2D eigenvalue weighted by atomic mass is 16.3. The molecule has 0 amide bonds. The molecule has 0 heterocycles. The van der Waals surface area contributed by atoms with E-state index in [1.54, 1.807) is 0 Å². The first-order valence-electron chi connectivity index (χ1n) is 5.33. The first-order chi connectivity index (χ1) is 5.65. The molecule has 1 saturated carbocycles. The van der Waals surface area contributed by atoms with Gasteiger partial charge in [0.1, 0.15) is 0 Å². The maximum Gasteiger partial charge on any atom is 0.0571 e. The van der Waals surface area contributed by atoms with E-state index in [2.05, 4.69) is 20.8 Å². The molecule has 0 saturated heterocycles. The molecule has 1 aliphatic carbocycles. The van der Waals surface area contributed by atoms with Gasteiger partial charge in [0.05, 0.1) is 6.10 Å². The Kier molecular flexibility index (Phi) is 3.57. The highest BCUT2D eigenvalue weighted by Gasteiger charge is 2.29. The van der Waals surface area contributed by atoms with Gasteiger partial charge in [0.25, 0.3) is 0 Å². The van der Waals surface area contributed by atoms with Crippen LogP contribution in [-0.2, 0) is 0 Å². The summed E-state index contributed by atoms with van der Waals surface area (Å²) >= 11 is 0. The van der Waals surface area contributed by atoms with Crippen molar-refractivity contribution in [3.05, 3.63) is 0 Å². The van der Waals surface area contributed by atoms with Gasteiger partial charge < -0.3 is 5.11 Å². The zero-order valence-corrected chi connectivity index (χ0v) is 8.59. The van der Waals surface area contributed by atoms with Crippen LogP contribution in [0.2, 0.25) is 0 Å². The lowest BCUT2D eigenvalue weighted by atomic mass is 9.74. The lowest BCUT2D eigenvalue weighted by Gasteiger charge is -2.35. The zero-order valence-electron chi connectivity index (χ0n) is 8.59. The Morgan fingerprint density at radius 3 is 2.67 bits per heavy atom. The van der Waals surface area contributed by atoms with Gasteiger partial charge >= 0.3 is 0 Å². The Bertz CT molecular complexity index is 129. The van der Waals surface area contributed by atoms with Crippen molar-refractivity contribution in [1.82, 2.24) is 0 Å². The smallest absolute Gasteiger partial charge is 0.0571 e. The van der Waals surface area contributed by atoms with Crippen LogP contribution in [0.15, 0.2) is 0 Å². The van der Waals surface area contributed by atoms with Gasteiger partial charge in [-0.25, -0.2) is 0 Å². The van der Waals surface area contributed by atoms with Crippen molar-refractivity contribution in [2.75, 3.05) is 0 Å². The van der Waals surface area contributed by atoms with Crippen LogP contribution in [0.5, 0.6) is 0 Å². The molecule has 1 fully saturated rings. The molecule has 1 heteroatoms. The summed E-state index contributed by atoms with van der Waals surface area (Å²) in [6, 6.07) is 0. The molecule has 4 unspecified atom stereocenters. The fraction of sp³-hybridized carbons (Fsp3) is 1.00. The van der Waals surface area contributed by atoms with Crippen LogP contribution in [0.4, 0.5) is 0 Å². The highest BCUT2D eigenvalue weighted by molar-refractivity contribution is 4.80. The Morgan fingerprint density at radius 1 is 1.42 bits per heavy atom. The normalized spacial score (nSPS) is 39.5. The number of aliphatic hydroxyl groups is 1. The van der Waals surface area contributed by atoms with Crippen LogP contribution in [0.1, 0.15) is 46.5 Å². The summed E-state index contributed by atoms with van der Waals surface area (Å²) in [4.78, 5) is 0. The predicted octanol–water partition coefficient (Wildman–Crippen LogP) is 2.83. The molecule has 1 rings (SSSR count). The highest BCUT2D eigenvalue weighted by Crippen LogP contribution is 2.34. The Hall–Kier alpha value is -0.0400. The number of rotatable bonds is 2. The van der Waals surface area contributed by atoms with Crippen LogP contribution in [0.3, 0.4) is 0 Å². The SMILES string of the molecule is CCC(C)C1CC(C)CCC1O. The Morgan fingerprint density at radius 2 is 2.08 bits per heavy atom. The summed E-state index contributed by atoms with van der Waals surface area (Å²) in [5.74, 6) is 2.09. The third kappa shape index (κ3) is 2.22. The van der Waals surface area contributed by atoms with Crippen LogP contribution >= 0.6 is 0 Å². The molecule has 12 heavy (non-hydrogen) atoms. The molecule has 0 aliphatic heterocycles. The lowest BCUT2D eigenvalue weighted by molar-refractivity contribution is 0.0232. The number of aliphatic hydroxyl groups excluding tert-OH is 1. The third-order valence-corrected chi connectivity index (χ3v) is 3.50. The minimum absolute atomic E-state index is 0.0175. The fourth-order valence-corrected chi connectivity index (χ4v) is 2.32. The van der Waals surface area contributed by atoms with E-state index >= 15 is 0 Å². The molecule has 0 radical (unpaired) electrons. The van der Waals surface area contributed by atoms with E-state index in [-0.39, 0.29) is 6.10 Å². The molecule has 4 atom stereocenters. The van der Waals surface area contributed by atoms with Gasteiger partial charge in [-0.15, -0.1) is 0 Å². The van der Waals surface area contributed by atoms with Crippen molar-refractivity contribution < 1.29 is 5.11 Å². The fourth-order valence-electron chi connectivity index (χ4n) is 2.32. The van der Waals surface area contributed by atoms with Crippen LogP contribution in [0, 0.1) is 17.8 Å². The van der Waals surface area contributed by atoms with E-state index in [4.69, 9.17) is 0 Å². The second-order valence-electron chi connectivity index (χ2n) is 4.53. The largest absolute Gasteiger partial charge is 0.393 e. The number of hydrogen-bond acceptors (Lipinski definition) is 1. The Labute approximate surface area is 76.2 Å². The summed E-state index contributed by atoms with van der Waals surface area (Å²) < 4.78 is 0. The molecule has 0 bridgehead atoms. The first kappa shape index (κ1) is 10.0. The minimum atomic E-state index is -0.0175. The predicted molar refractivity (Wildman–Crippen MR) is 52.0 cm³/mol. The molecular weight excluding hydrogens is 148 g/mol. The van der Waals surface area contributed by atoms with Gasteiger partial charge in [0.15, 0.2) is 0 Å². The second kappa shape index (κ2) is 4.27. The monoisotopic (exact) mass is 170 g/mol. The van der Waals surface area contributed by atoms with E-state index in [1.807, 2.05) is 0 Å². The zero-order chi connectivity index (χ0) is 9.14. The van der Waals surface area contributed by atoms with Crippen molar-refractivity contribution in [1.29, 1.82) is 0 Å². The molecule has 0 spiro atoms.